The van der Waals surface area contributed by atoms with Crippen LogP contribution in [0.1, 0.15) is 43.2 Å². The van der Waals surface area contributed by atoms with Crippen LogP contribution in [0.3, 0.4) is 0 Å². The molecule has 2 heterocycles. The van der Waals surface area contributed by atoms with Crippen LogP contribution in [-0.2, 0) is 25.0 Å². The highest BCUT2D eigenvalue weighted by molar-refractivity contribution is 7.98. The highest BCUT2D eigenvalue weighted by atomic mass is 35.5. The summed E-state index contributed by atoms with van der Waals surface area (Å²) in [5.74, 6) is 0.861. The number of nitrogens with one attached hydrogen (secondary N) is 1. The van der Waals surface area contributed by atoms with Crippen LogP contribution in [0.5, 0.6) is 0 Å². The molecule has 0 saturated heterocycles. The Morgan fingerprint density at radius 1 is 1.12 bits per heavy atom. The maximum absolute atomic E-state index is 6.52. The van der Waals surface area contributed by atoms with Gasteiger partial charge in [-0.15, -0.1) is 24.2 Å². The van der Waals surface area contributed by atoms with Crippen LogP contribution in [0, 0.1) is 5.41 Å². The Morgan fingerprint density at radius 3 is 2.58 bits per heavy atom. The molecule has 1 N–H and O–H groups in total. The van der Waals surface area contributed by atoms with Crippen molar-refractivity contribution in [3.8, 4) is 0 Å². The predicted octanol–water partition coefficient (Wildman–Crippen LogP) is 5.73. The molecule has 2 nitrogen and oxygen atoms in total. The van der Waals surface area contributed by atoms with Gasteiger partial charge < -0.3 is 5.32 Å². The van der Waals surface area contributed by atoms with Crippen molar-refractivity contribution in [2.45, 2.75) is 50.7 Å². The molecular formula is C21H28Cl2N2S. The zero-order chi connectivity index (χ0) is 17.9. The number of hydrogen-bond donors (Lipinski definition) is 1. The zero-order valence-corrected chi connectivity index (χ0v) is 18.2. The topological polar surface area (TPSA) is 24.9 Å². The first-order valence-electron chi connectivity index (χ1n) is 9.00. The van der Waals surface area contributed by atoms with Crippen molar-refractivity contribution in [3.63, 3.8) is 0 Å². The standard InChI is InChI=1S/C21H27ClN2S.ClH/c1-21(2,3)12-15-4-6-17(24-13-15)14-25-20-18-9-11-23-10-8-16(18)5-7-19(20)22;/h4-7,13,23H,8-12,14H2,1-3H3;1H. The minimum atomic E-state index is 0. The van der Waals surface area contributed by atoms with E-state index in [9.17, 15) is 0 Å². The molecule has 142 valence electrons. The molecule has 0 atom stereocenters. The average molecular weight is 411 g/mol. The Hall–Kier alpha value is -0.740. The minimum Gasteiger partial charge on any atom is -0.316 e. The van der Waals surface area contributed by atoms with Gasteiger partial charge in [0, 0.05) is 16.8 Å². The highest BCUT2D eigenvalue weighted by Crippen LogP contribution is 2.35. The number of halogens is 2. The van der Waals surface area contributed by atoms with Gasteiger partial charge in [0.25, 0.3) is 0 Å². The summed E-state index contributed by atoms with van der Waals surface area (Å²) in [5.41, 5.74) is 5.57. The molecule has 1 aromatic heterocycles. The summed E-state index contributed by atoms with van der Waals surface area (Å²) >= 11 is 8.34. The van der Waals surface area contributed by atoms with Crippen molar-refractivity contribution in [2.75, 3.05) is 13.1 Å². The lowest BCUT2D eigenvalue weighted by molar-refractivity contribution is 0.410. The van der Waals surface area contributed by atoms with Crippen LogP contribution in [0.2, 0.25) is 5.02 Å². The van der Waals surface area contributed by atoms with Gasteiger partial charge in [-0.05, 0) is 66.6 Å². The van der Waals surface area contributed by atoms with Gasteiger partial charge >= 0.3 is 0 Å². The van der Waals surface area contributed by atoms with E-state index in [0.29, 0.717) is 5.41 Å². The van der Waals surface area contributed by atoms with E-state index in [4.69, 9.17) is 11.6 Å². The molecule has 2 aromatic rings. The van der Waals surface area contributed by atoms with Crippen LogP contribution in [0.25, 0.3) is 0 Å². The van der Waals surface area contributed by atoms with Crippen molar-refractivity contribution < 1.29 is 0 Å². The van der Waals surface area contributed by atoms with Gasteiger partial charge in [0.1, 0.15) is 0 Å². The van der Waals surface area contributed by atoms with Crippen molar-refractivity contribution in [1.29, 1.82) is 0 Å². The third-order valence-corrected chi connectivity index (χ3v) is 6.04. The number of hydrogen-bond acceptors (Lipinski definition) is 3. The number of pyridine rings is 1. The largest absolute Gasteiger partial charge is 0.316 e. The third-order valence-electron chi connectivity index (χ3n) is 4.42. The van der Waals surface area contributed by atoms with Crippen LogP contribution in [-0.4, -0.2) is 18.1 Å². The zero-order valence-electron chi connectivity index (χ0n) is 15.8. The van der Waals surface area contributed by atoms with Gasteiger partial charge in [0.2, 0.25) is 0 Å². The number of benzene rings is 1. The fraction of sp³-hybridized carbons (Fsp3) is 0.476. The van der Waals surface area contributed by atoms with Crippen LogP contribution >= 0.6 is 35.8 Å². The average Bonchev–Trinajstić information content (AvgIpc) is 2.79. The fourth-order valence-corrected chi connectivity index (χ4v) is 4.69. The van der Waals surface area contributed by atoms with Crippen molar-refractivity contribution >= 4 is 35.8 Å². The van der Waals surface area contributed by atoms with Crippen LogP contribution < -0.4 is 5.32 Å². The molecule has 0 fully saturated rings. The van der Waals surface area contributed by atoms with E-state index >= 15 is 0 Å². The molecule has 0 bridgehead atoms. The van der Waals surface area contributed by atoms with Gasteiger partial charge in [-0.25, -0.2) is 0 Å². The molecule has 1 aromatic carbocycles. The van der Waals surface area contributed by atoms with Crippen molar-refractivity contribution in [2.24, 2.45) is 5.41 Å². The maximum atomic E-state index is 6.52. The third kappa shape index (κ3) is 5.88. The second kappa shape index (κ2) is 9.45. The Labute approximate surface area is 172 Å². The molecule has 5 heteroatoms. The number of nitrogens with zero attached hydrogens (tertiary/aromatic N) is 1. The first kappa shape index (κ1) is 21.6. The maximum Gasteiger partial charge on any atom is 0.0544 e. The second-order valence-corrected chi connectivity index (χ2v) is 9.34. The van der Waals surface area contributed by atoms with Crippen LogP contribution in [0.15, 0.2) is 35.4 Å². The first-order valence-corrected chi connectivity index (χ1v) is 10.4. The van der Waals surface area contributed by atoms with E-state index < -0.39 is 0 Å². The molecule has 0 amide bonds. The molecule has 0 aliphatic carbocycles. The van der Waals surface area contributed by atoms with E-state index in [1.807, 2.05) is 24.0 Å². The Morgan fingerprint density at radius 2 is 1.88 bits per heavy atom. The summed E-state index contributed by atoms with van der Waals surface area (Å²) in [4.78, 5) is 5.90. The summed E-state index contributed by atoms with van der Waals surface area (Å²) in [5, 5.41) is 4.35. The summed E-state index contributed by atoms with van der Waals surface area (Å²) in [6.45, 7) is 8.86. The van der Waals surface area contributed by atoms with Gasteiger partial charge in [-0.2, -0.15) is 0 Å². The quantitative estimate of drug-likeness (QED) is 0.651. The molecule has 0 spiro atoms. The molecule has 1 aliphatic heterocycles. The van der Waals surface area contributed by atoms with Crippen molar-refractivity contribution in [1.82, 2.24) is 10.3 Å². The van der Waals surface area contributed by atoms with Gasteiger partial charge in [-0.3, -0.25) is 4.98 Å². The predicted molar refractivity (Wildman–Crippen MR) is 116 cm³/mol. The summed E-state index contributed by atoms with van der Waals surface area (Å²) in [7, 11) is 0. The number of aromatic nitrogens is 1. The lowest BCUT2D eigenvalue weighted by Gasteiger charge is -2.18. The first-order chi connectivity index (χ1) is 11.9. The summed E-state index contributed by atoms with van der Waals surface area (Å²) in [6.07, 6.45) is 5.21. The summed E-state index contributed by atoms with van der Waals surface area (Å²) < 4.78 is 0. The van der Waals surface area contributed by atoms with Gasteiger partial charge in [0.05, 0.1) is 10.7 Å². The molecule has 26 heavy (non-hydrogen) atoms. The van der Waals surface area contributed by atoms with E-state index in [-0.39, 0.29) is 12.4 Å². The van der Waals surface area contributed by atoms with E-state index in [1.54, 1.807) is 0 Å². The molecule has 0 saturated carbocycles. The smallest absolute Gasteiger partial charge is 0.0544 e. The Bertz CT molecular complexity index is 724. The monoisotopic (exact) mass is 410 g/mol. The van der Waals surface area contributed by atoms with E-state index in [2.05, 4.69) is 49.3 Å². The molecular weight excluding hydrogens is 383 g/mol. The van der Waals surface area contributed by atoms with Gasteiger partial charge in [0.15, 0.2) is 0 Å². The molecule has 0 radical (unpaired) electrons. The van der Waals surface area contributed by atoms with Crippen LogP contribution in [0.4, 0.5) is 0 Å². The fourth-order valence-electron chi connectivity index (χ4n) is 3.27. The highest BCUT2D eigenvalue weighted by Gasteiger charge is 2.16. The van der Waals surface area contributed by atoms with E-state index in [1.165, 1.54) is 21.6 Å². The molecule has 1 aliphatic rings. The van der Waals surface area contributed by atoms with Gasteiger partial charge in [-0.1, -0.05) is 44.5 Å². The lowest BCUT2D eigenvalue weighted by Crippen LogP contribution is -2.16. The van der Waals surface area contributed by atoms with E-state index in [0.717, 1.165) is 48.8 Å². The molecule has 3 rings (SSSR count). The molecule has 0 unspecified atom stereocenters. The summed E-state index contributed by atoms with van der Waals surface area (Å²) in [6, 6.07) is 8.61. The lowest BCUT2D eigenvalue weighted by atomic mass is 9.89. The minimum absolute atomic E-state index is 0. The Balaban J connectivity index is 0.00000243. The van der Waals surface area contributed by atoms with Crippen molar-refractivity contribution in [3.05, 3.63) is 57.9 Å². The number of rotatable bonds is 4. The second-order valence-electron chi connectivity index (χ2n) is 7.95. The SMILES string of the molecule is CC(C)(C)Cc1ccc(CSc2c(Cl)ccc3c2CCNCC3)nc1.Cl. The normalized spacial score (nSPS) is 14.3. The number of thioether (sulfide) groups is 1. The number of fused-ring (bicyclic) bond motifs is 1. The Kier molecular flexibility index (Phi) is 7.84.